The fraction of sp³-hybridized carbons (Fsp3) is 0.333. The number of pyridine rings is 1. The molecule has 0 aliphatic carbocycles. The number of aromatic nitrogens is 4. The normalized spacial score (nSPS) is 18.1. The van der Waals surface area contributed by atoms with Crippen molar-refractivity contribution in [2.75, 3.05) is 31.2 Å². The molecule has 0 spiro atoms. The molecular weight excluding hydrogens is 422 g/mol. The van der Waals surface area contributed by atoms with E-state index in [1.807, 2.05) is 30.3 Å². The van der Waals surface area contributed by atoms with Crippen molar-refractivity contribution in [3.8, 4) is 22.8 Å². The molecule has 6 rings (SSSR count). The fourth-order valence-electron chi connectivity index (χ4n) is 4.83. The van der Waals surface area contributed by atoms with Crippen LogP contribution in [0.2, 0.25) is 0 Å². The van der Waals surface area contributed by atoms with E-state index in [4.69, 9.17) is 9.26 Å². The van der Waals surface area contributed by atoms with Gasteiger partial charge >= 0.3 is 5.97 Å². The quantitative estimate of drug-likeness (QED) is 0.497. The summed E-state index contributed by atoms with van der Waals surface area (Å²) >= 11 is 0. The molecule has 168 valence electrons. The summed E-state index contributed by atoms with van der Waals surface area (Å²) < 4.78 is 13.1. The minimum Gasteiger partial charge on any atom is -0.481 e. The Bertz CT molecular complexity index is 1320. The predicted molar refractivity (Wildman–Crippen MR) is 121 cm³/mol. The molecule has 5 heterocycles. The maximum atomic E-state index is 11.3. The van der Waals surface area contributed by atoms with Crippen LogP contribution in [0.4, 0.5) is 5.82 Å². The van der Waals surface area contributed by atoms with Crippen molar-refractivity contribution in [2.24, 2.45) is 0 Å². The Morgan fingerprint density at radius 1 is 1.12 bits per heavy atom. The highest BCUT2D eigenvalue weighted by Gasteiger charge is 2.26. The molecular formula is C24H23N5O4. The van der Waals surface area contributed by atoms with E-state index in [1.165, 1.54) is 5.69 Å². The Balaban J connectivity index is 1.28. The van der Waals surface area contributed by atoms with Gasteiger partial charge in [-0.15, -0.1) is 0 Å². The predicted octanol–water partition coefficient (Wildman–Crippen LogP) is 3.55. The van der Waals surface area contributed by atoms with Crippen molar-refractivity contribution in [1.29, 1.82) is 0 Å². The van der Waals surface area contributed by atoms with Crippen LogP contribution in [0.1, 0.15) is 24.6 Å². The molecule has 0 amide bonds. The number of hydrogen-bond acceptors (Lipinski definition) is 7. The zero-order valence-corrected chi connectivity index (χ0v) is 18.0. The van der Waals surface area contributed by atoms with Crippen molar-refractivity contribution < 1.29 is 19.2 Å². The number of morpholine rings is 1. The van der Waals surface area contributed by atoms with Crippen LogP contribution in [0, 0.1) is 0 Å². The van der Waals surface area contributed by atoms with Gasteiger partial charge in [-0.1, -0.05) is 17.3 Å². The second-order valence-electron chi connectivity index (χ2n) is 8.50. The summed E-state index contributed by atoms with van der Waals surface area (Å²) in [6.07, 6.45) is 3.62. The molecule has 9 heteroatoms. The van der Waals surface area contributed by atoms with Gasteiger partial charge in [0.2, 0.25) is 5.82 Å². The molecule has 1 atom stereocenters. The largest absolute Gasteiger partial charge is 0.481 e. The van der Waals surface area contributed by atoms with E-state index >= 15 is 0 Å². The maximum absolute atomic E-state index is 11.3. The number of carboxylic acid groups (broad SMARTS) is 1. The lowest BCUT2D eigenvalue weighted by Crippen LogP contribution is -2.36. The molecule has 3 aromatic heterocycles. The van der Waals surface area contributed by atoms with E-state index < -0.39 is 5.97 Å². The van der Waals surface area contributed by atoms with E-state index in [0.29, 0.717) is 24.9 Å². The molecule has 1 aromatic carbocycles. The lowest BCUT2D eigenvalue weighted by molar-refractivity contribution is -0.137. The number of carbonyl (C=O) groups is 1. The van der Waals surface area contributed by atoms with Crippen LogP contribution >= 0.6 is 0 Å². The number of aryl methyl sites for hydroxylation is 1. The Morgan fingerprint density at radius 3 is 2.76 bits per heavy atom. The van der Waals surface area contributed by atoms with Gasteiger partial charge < -0.3 is 23.8 Å². The van der Waals surface area contributed by atoms with Crippen molar-refractivity contribution in [3.05, 3.63) is 48.3 Å². The van der Waals surface area contributed by atoms with Gasteiger partial charge in [-0.3, -0.25) is 4.79 Å². The molecule has 0 saturated carbocycles. The van der Waals surface area contributed by atoms with Crippen molar-refractivity contribution in [2.45, 2.75) is 25.3 Å². The molecule has 1 saturated heterocycles. The Labute approximate surface area is 189 Å². The number of aliphatic carboxylic acids is 1. The van der Waals surface area contributed by atoms with Gasteiger partial charge in [-0.2, -0.15) is 4.98 Å². The molecule has 4 aromatic rings. The first-order chi connectivity index (χ1) is 16.2. The number of nitrogens with zero attached hydrogens (tertiary/aromatic N) is 5. The number of hydrogen-bond donors (Lipinski definition) is 1. The van der Waals surface area contributed by atoms with Crippen LogP contribution in [0.5, 0.6) is 0 Å². The summed E-state index contributed by atoms with van der Waals surface area (Å²) in [6, 6.07) is 12.0. The van der Waals surface area contributed by atoms with E-state index in [-0.39, 0.29) is 12.5 Å². The lowest BCUT2D eigenvalue weighted by atomic mass is 10.1. The van der Waals surface area contributed by atoms with E-state index in [9.17, 15) is 9.90 Å². The van der Waals surface area contributed by atoms with Crippen molar-refractivity contribution in [3.63, 3.8) is 0 Å². The highest BCUT2D eigenvalue weighted by molar-refractivity contribution is 5.86. The highest BCUT2D eigenvalue weighted by Crippen LogP contribution is 2.36. The summed E-state index contributed by atoms with van der Waals surface area (Å²) in [4.78, 5) is 22.6. The first-order valence-electron chi connectivity index (χ1n) is 11.1. The molecule has 2 aliphatic rings. The fourth-order valence-corrected chi connectivity index (χ4v) is 4.83. The number of carboxylic acids is 1. The third kappa shape index (κ3) is 3.64. The summed E-state index contributed by atoms with van der Waals surface area (Å²) in [5.74, 6) is 1.04. The van der Waals surface area contributed by atoms with Gasteiger partial charge in [-0.25, -0.2) is 4.98 Å². The molecule has 1 N–H and O–H groups in total. The first kappa shape index (κ1) is 19.9. The zero-order chi connectivity index (χ0) is 22.4. The minimum atomic E-state index is -0.776. The Kier molecular flexibility index (Phi) is 4.83. The average molecular weight is 445 g/mol. The van der Waals surface area contributed by atoms with Gasteiger partial charge in [0, 0.05) is 42.1 Å². The molecule has 0 bridgehead atoms. The van der Waals surface area contributed by atoms with Crippen LogP contribution < -0.4 is 4.90 Å². The van der Waals surface area contributed by atoms with Crippen LogP contribution in [-0.4, -0.2) is 57.1 Å². The van der Waals surface area contributed by atoms with Gasteiger partial charge in [0.25, 0.3) is 5.89 Å². The molecule has 1 unspecified atom stereocenters. The first-order valence-corrected chi connectivity index (χ1v) is 11.1. The number of rotatable bonds is 5. The molecule has 33 heavy (non-hydrogen) atoms. The van der Waals surface area contributed by atoms with Crippen molar-refractivity contribution >= 4 is 22.7 Å². The number of ether oxygens (including phenoxy) is 1. The SMILES string of the molecule is O=C(O)CC1CCc2cc3ccc(-c4noc(-c5ccc(N6CCOCC6)nc5)n4)cc3n21. The van der Waals surface area contributed by atoms with E-state index in [1.54, 1.807) is 6.20 Å². The van der Waals surface area contributed by atoms with E-state index in [2.05, 4.69) is 30.7 Å². The second-order valence-corrected chi connectivity index (χ2v) is 8.50. The van der Waals surface area contributed by atoms with Gasteiger partial charge in [0.05, 0.1) is 25.2 Å². The molecule has 2 aliphatic heterocycles. The standard InChI is InChI=1S/C24H23N5O4/c30-22(31)13-19-5-4-18-11-15-1-2-16(12-20(15)29(18)19)23-26-24(33-27-23)17-3-6-21(25-14-17)28-7-9-32-10-8-28/h1-3,6,11-12,14,19H,4-5,7-10,13H2,(H,30,31). The highest BCUT2D eigenvalue weighted by atomic mass is 16.5. The summed E-state index contributed by atoms with van der Waals surface area (Å²) in [6.45, 7) is 3.08. The van der Waals surface area contributed by atoms with Gasteiger partial charge in [0.1, 0.15) is 5.82 Å². The van der Waals surface area contributed by atoms with Crippen molar-refractivity contribution in [1.82, 2.24) is 19.7 Å². The Morgan fingerprint density at radius 2 is 1.97 bits per heavy atom. The van der Waals surface area contributed by atoms with Gasteiger partial charge in [0.15, 0.2) is 0 Å². The van der Waals surface area contributed by atoms with Crippen LogP contribution in [0.3, 0.4) is 0 Å². The topological polar surface area (TPSA) is 107 Å². The summed E-state index contributed by atoms with van der Waals surface area (Å²) in [7, 11) is 0. The molecule has 9 nitrogen and oxygen atoms in total. The molecule has 0 radical (unpaired) electrons. The Hall–Kier alpha value is -3.72. The average Bonchev–Trinajstić information content (AvgIpc) is 3.56. The van der Waals surface area contributed by atoms with Gasteiger partial charge in [-0.05, 0) is 42.5 Å². The summed E-state index contributed by atoms with van der Waals surface area (Å²) in [5.41, 5.74) is 3.77. The number of fused-ring (bicyclic) bond motifs is 3. The summed E-state index contributed by atoms with van der Waals surface area (Å²) in [5, 5.41) is 14.6. The van der Waals surface area contributed by atoms with Crippen LogP contribution in [0.25, 0.3) is 33.7 Å². The third-order valence-corrected chi connectivity index (χ3v) is 6.44. The molecule has 1 fully saturated rings. The monoisotopic (exact) mass is 445 g/mol. The maximum Gasteiger partial charge on any atom is 0.305 e. The number of benzene rings is 1. The second kappa shape index (κ2) is 8.00. The van der Waals surface area contributed by atoms with E-state index in [0.717, 1.165) is 53.8 Å². The minimum absolute atomic E-state index is 0.0258. The van der Waals surface area contributed by atoms with Crippen LogP contribution in [-0.2, 0) is 16.0 Å². The third-order valence-electron chi connectivity index (χ3n) is 6.44. The smallest absolute Gasteiger partial charge is 0.305 e. The van der Waals surface area contributed by atoms with Crippen LogP contribution in [0.15, 0.2) is 47.1 Å². The lowest BCUT2D eigenvalue weighted by Gasteiger charge is -2.27. The number of anilines is 1. The zero-order valence-electron chi connectivity index (χ0n) is 18.0.